The lowest BCUT2D eigenvalue weighted by Gasteiger charge is -2.10. The minimum atomic E-state index is -0.372. The number of halogens is 1. The fourth-order valence-electron chi connectivity index (χ4n) is 1.84. The van der Waals surface area contributed by atoms with Gasteiger partial charge in [-0.2, -0.15) is 0 Å². The molecular formula is C15H13BrO3. The van der Waals surface area contributed by atoms with Crippen LogP contribution in [0, 0.1) is 0 Å². The molecule has 0 bridgehead atoms. The first-order valence-electron chi connectivity index (χ1n) is 5.68. The van der Waals surface area contributed by atoms with Gasteiger partial charge in [0, 0.05) is 10.0 Å². The zero-order valence-corrected chi connectivity index (χ0v) is 12.2. The highest BCUT2D eigenvalue weighted by molar-refractivity contribution is 9.10. The molecule has 0 amide bonds. The molecule has 4 heteroatoms. The zero-order valence-electron chi connectivity index (χ0n) is 10.6. The van der Waals surface area contributed by atoms with Crippen molar-refractivity contribution < 1.29 is 14.3 Å². The van der Waals surface area contributed by atoms with Crippen molar-refractivity contribution >= 4 is 21.9 Å². The number of para-hydroxylation sites is 1. The van der Waals surface area contributed by atoms with Crippen molar-refractivity contribution in [2.75, 3.05) is 14.2 Å². The average Bonchev–Trinajstić information content (AvgIpc) is 2.47. The third-order valence-electron chi connectivity index (χ3n) is 2.79. The minimum absolute atomic E-state index is 0.372. The van der Waals surface area contributed by atoms with Gasteiger partial charge in [0.05, 0.1) is 19.8 Å². The Balaban J connectivity index is 2.54. The van der Waals surface area contributed by atoms with Crippen molar-refractivity contribution in [1.29, 1.82) is 0 Å². The van der Waals surface area contributed by atoms with E-state index in [1.807, 2.05) is 36.4 Å². The third kappa shape index (κ3) is 2.79. The molecular weight excluding hydrogens is 308 g/mol. The summed E-state index contributed by atoms with van der Waals surface area (Å²) in [5, 5.41) is 0. The molecule has 0 aliphatic carbocycles. The van der Waals surface area contributed by atoms with Crippen LogP contribution in [-0.4, -0.2) is 20.2 Å². The van der Waals surface area contributed by atoms with Crippen molar-refractivity contribution in [2.24, 2.45) is 0 Å². The van der Waals surface area contributed by atoms with Gasteiger partial charge in [0.2, 0.25) is 0 Å². The van der Waals surface area contributed by atoms with Gasteiger partial charge in [0.1, 0.15) is 5.75 Å². The van der Waals surface area contributed by atoms with Crippen molar-refractivity contribution in [2.45, 2.75) is 0 Å². The Morgan fingerprint density at radius 3 is 2.53 bits per heavy atom. The van der Waals surface area contributed by atoms with Gasteiger partial charge in [-0.3, -0.25) is 0 Å². The molecule has 2 aromatic rings. The maximum atomic E-state index is 11.7. The molecule has 2 rings (SSSR count). The van der Waals surface area contributed by atoms with E-state index >= 15 is 0 Å². The molecule has 0 spiro atoms. The van der Waals surface area contributed by atoms with Crippen LogP contribution < -0.4 is 4.74 Å². The summed E-state index contributed by atoms with van der Waals surface area (Å²) in [5.74, 6) is 0.393. The highest BCUT2D eigenvalue weighted by atomic mass is 79.9. The summed E-state index contributed by atoms with van der Waals surface area (Å²) < 4.78 is 10.8. The van der Waals surface area contributed by atoms with Crippen molar-refractivity contribution in [3.8, 4) is 16.9 Å². The van der Waals surface area contributed by atoms with Gasteiger partial charge >= 0.3 is 5.97 Å². The first-order chi connectivity index (χ1) is 9.17. The van der Waals surface area contributed by atoms with E-state index in [1.54, 1.807) is 13.2 Å². The van der Waals surface area contributed by atoms with E-state index in [1.165, 1.54) is 7.11 Å². The number of rotatable bonds is 3. The molecule has 0 fully saturated rings. The molecule has 2 aromatic carbocycles. The standard InChI is InChI=1S/C15H13BrO3/c1-18-14-6-4-3-5-11(14)10-7-8-13(16)12(9-10)15(17)19-2/h3-9H,1-2H3. The second kappa shape index (κ2) is 5.89. The third-order valence-corrected chi connectivity index (χ3v) is 3.48. The van der Waals surface area contributed by atoms with Crippen LogP contribution in [0.3, 0.4) is 0 Å². The summed E-state index contributed by atoms with van der Waals surface area (Å²) in [6.45, 7) is 0. The van der Waals surface area contributed by atoms with E-state index in [2.05, 4.69) is 15.9 Å². The van der Waals surface area contributed by atoms with E-state index in [9.17, 15) is 4.79 Å². The quantitative estimate of drug-likeness (QED) is 0.804. The van der Waals surface area contributed by atoms with E-state index in [0.717, 1.165) is 16.9 Å². The number of hydrogen-bond donors (Lipinski definition) is 0. The van der Waals surface area contributed by atoms with Crippen LogP contribution in [0.1, 0.15) is 10.4 Å². The summed E-state index contributed by atoms with van der Waals surface area (Å²) in [6, 6.07) is 13.2. The highest BCUT2D eigenvalue weighted by Gasteiger charge is 2.13. The lowest BCUT2D eigenvalue weighted by molar-refractivity contribution is 0.0599. The van der Waals surface area contributed by atoms with Crippen molar-refractivity contribution in [3.05, 3.63) is 52.5 Å². The first kappa shape index (κ1) is 13.6. The molecule has 0 saturated carbocycles. The molecule has 0 unspecified atom stereocenters. The monoisotopic (exact) mass is 320 g/mol. The summed E-state index contributed by atoms with van der Waals surface area (Å²) in [7, 11) is 2.99. The fraction of sp³-hybridized carbons (Fsp3) is 0.133. The molecule has 0 atom stereocenters. The lowest BCUT2D eigenvalue weighted by atomic mass is 10.0. The predicted molar refractivity (Wildman–Crippen MR) is 77.5 cm³/mol. The van der Waals surface area contributed by atoms with Crippen LogP contribution in [0.15, 0.2) is 46.9 Å². The maximum absolute atomic E-state index is 11.7. The fourth-order valence-corrected chi connectivity index (χ4v) is 2.25. The number of ether oxygens (including phenoxy) is 2. The van der Waals surface area contributed by atoms with E-state index in [4.69, 9.17) is 9.47 Å². The summed E-state index contributed by atoms with van der Waals surface area (Å²) in [6.07, 6.45) is 0. The van der Waals surface area contributed by atoms with Gasteiger partial charge in [0.15, 0.2) is 0 Å². The molecule has 98 valence electrons. The number of carbonyl (C=O) groups is 1. The zero-order chi connectivity index (χ0) is 13.8. The molecule has 0 saturated heterocycles. The smallest absolute Gasteiger partial charge is 0.339 e. The Bertz CT molecular complexity index is 608. The van der Waals surface area contributed by atoms with Crippen LogP contribution in [0.2, 0.25) is 0 Å². The van der Waals surface area contributed by atoms with Crippen LogP contribution in [-0.2, 0) is 4.74 Å². The van der Waals surface area contributed by atoms with Gasteiger partial charge in [0.25, 0.3) is 0 Å². The van der Waals surface area contributed by atoms with E-state index in [0.29, 0.717) is 10.0 Å². The van der Waals surface area contributed by atoms with Crippen LogP contribution >= 0.6 is 15.9 Å². The molecule has 0 aliphatic heterocycles. The molecule has 19 heavy (non-hydrogen) atoms. The van der Waals surface area contributed by atoms with Gasteiger partial charge in [-0.15, -0.1) is 0 Å². The minimum Gasteiger partial charge on any atom is -0.496 e. The Morgan fingerprint density at radius 2 is 1.84 bits per heavy atom. The number of methoxy groups -OCH3 is 2. The molecule has 0 aromatic heterocycles. The van der Waals surface area contributed by atoms with E-state index < -0.39 is 0 Å². The van der Waals surface area contributed by atoms with E-state index in [-0.39, 0.29) is 5.97 Å². The summed E-state index contributed by atoms with van der Waals surface area (Å²) in [4.78, 5) is 11.7. The Kier molecular flexibility index (Phi) is 4.22. The number of hydrogen-bond acceptors (Lipinski definition) is 3. The second-order valence-electron chi connectivity index (χ2n) is 3.89. The second-order valence-corrected chi connectivity index (χ2v) is 4.74. The summed E-state index contributed by atoms with van der Waals surface area (Å²) >= 11 is 3.35. The SMILES string of the molecule is COC(=O)c1cc(-c2ccccc2OC)ccc1Br. The predicted octanol–water partition coefficient (Wildman–Crippen LogP) is 3.91. The molecule has 3 nitrogen and oxygen atoms in total. The molecule has 0 radical (unpaired) electrons. The Morgan fingerprint density at radius 1 is 1.11 bits per heavy atom. The van der Waals surface area contributed by atoms with Gasteiger partial charge in [-0.1, -0.05) is 24.3 Å². The first-order valence-corrected chi connectivity index (χ1v) is 6.48. The molecule has 0 aliphatic rings. The maximum Gasteiger partial charge on any atom is 0.339 e. The van der Waals surface area contributed by atoms with Gasteiger partial charge in [-0.05, 0) is 39.7 Å². The van der Waals surface area contributed by atoms with Crippen LogP contribution in [0.4, 0.5) is 0 Å². The number of benzene rings is 2. The highest BCUT2D eigenvalue weighted by Crippen LogP contribution is 2.32. The van der Waals surface area contributed by atoms with Gasteiger partial charge in [-0.25, -0.2) is 4.79 Å². The lowest BCUT2D eigenvalue weighted by Crippen LogP contribution is -2.02. The van der Waals surface area contributed by atoms with Gasteiger partial charge < -0.3 is 9.47 Å². The number of esters is 1. The Hall–Kier alpha value is -1.81. The Labute approximate surface area is 120 Å². The summed E-state index contributed by atoms with van der Waals surface area (Å²) in [5.41, 5.74) is 2.33. The van der Waals surface area contributed by atoms with Crippen molar-refractivity contribution in [1.82, 2.24) is 0 Å². The topological polar surface area (TPSA) is 35.5 Å². The normalized spacial score (nSPS) is 10.1. The number of carbonyl (C=O) groups excluding carboxylic acids is 1. The average molecular weight is 321 g/mol. The largest absolute Gasteiger partial charge is 0.496 e. The molecule has 0 heterocycles. The van der Waals surface area contributed by atoms with Crippen molar-refractivity contribution in [3.63, 3.8) is 0 Å². The van der Waals surface area contributed by atoms with Crippen LogP contribution in [0.25, 0.3) is 11.1 Å². The molecule has 0 N–H and O–H groups in total. The van der Waals surface area contributed by atoms with Crippen LogP contribution in [0.5, 0.6) is 5.75 Å².